The Morgan fingerprint density at radius 2 is 1.94 bits per heavy atom. The number of benzene rings is 2. The molecule has 2 N–H and O–H groups in total. The minimum absolute atomic E-state index is 0.170. The first kappa shape index (κ1) is 22.5. The quantitative estimate of drug-likeness (QED) is 0.353. The Hall–Kier alpha value is -3.67. The molecule has 6 heteroatoms. The van der Waals surface area contributed by atoms with Gasteiger partial charge in [0.05, 0.1) is 12.8 Å². The average molecular weight is 443 g/mol. The van der Waals surface area contributed by atoms with Crippen molar-refractivity contribution in [2.75, 3.05) is 12.4 Å². The van der Waals surface area contributed by atoms with Crippen LogP contribution in [0.1, 0.15) is 60.3 Å². The number of ether oxygens (including phenoxy) is 1. The number of nitrogens with zero attached hydrogens (tertiary/aromatic N) is 2. The van der Waals surface area contributed by atoms with Crippen LogP contribution in [0.3, 0.4) is 0 Å². The van der Waals surface area contributed by atoms with Crippen LogP contribution in [0.25, 0.3) is 22.3 Å². The molecule has 1 unspecified atom stereocenters. The normalized spacial score (nSPS) is 12.0. The predicted molar refractivity (Wildman–Crippen MR) is 133 cm³/mol. The van der Waals surface area contributed by atoms with Gasteiger partial charge in [0, 0.05) is 27.9 Å². The highest BCUT2D eigenvalue weighted by atomic mass is 16.5. The Kier molecular flexibility index (Phi) is 6.45. The smallest absolute Gasteiger partial charge is 0.255 e. The van der Waals surface area contributed by atoms with Crippen LogP contribution in [0.5, 0.6) is 5.75 Å². The van der Waals surface area contributed by atoms with E-state index in [1.807, 2.05) is 43.3 Å². The van der Waals surface area contributed by atoms with Crippen molar-refractivity contribution in [3.63, 3.8) is 0 Å². The zero-order valence-electron chi connectivity index (χ0n) is 19.8. The van der Waals surface area contributed by atoms with Gasteiger partial charge in [0.1, 0.15) is 5.75 Å². The van der Waals surface area contributed by atoms with E-state index in [1.165, 1.54) is 0 Å². The highest BCUT2D eigenvalue weighted by molar-refractivity contribution is 6.05. The Morgan fingerprint density at radius 1 is 1.12 bits per heavy atom. The third-order valence-electron chi connectivity index (χ3n) is 6.23. The number of fused-ring (bicyclic) bond motifs is 1. The third kappa shape index (κ3) is 4.60. The molecule has 2 heterocycles. The van der Waals surface area contributed by atoms with Crippen LogP contribution in [0.15, 0.2) is 48.5 Å². The zero-order valence-corrected chi connectivity index (χ0v) is 19.8. The third-order valence-corrected chi connectivity index (χ3v) is 6.23. The van der Waals surface area contributed by atoms with E-state index in [1.54, 1.807) is 13.2 Å². The molecule has 2 aromatic carbocycles. The number of methoxy groups -OCH3 is 1. The number of pyridine rings is 1. The second-order valence-corrected chi connectivity index (χ2v) is 8.41. The van der Waals surface area contributed by atoms with Gasteiger partial charge in [-0.05, 0) is 79.3 Å². The molecule has 6 nitrogen and oxygen atoms in total. The van der Waals surface area contributed by atoms with Crippen molar-refractivity contribution < 1.29 is 9.53 Å². The number of rotatable bonds is 7. The number of nitrogens with one attached hydrogen (secondary N) is 2. The van der Waals surface area contributed by atoms with Gasteiger partial charge in [-0.25, -0.2) is 4.98 Å². The maximum absolute atomic E-state index is 13.1. The summed E-state index contributed by atoms with van der Waals surface area (Å²) in [5.74, 6) is 0.857. The molecule has 33 heavy (non-hydrogen) atoms. The summed E-state index contributed by atoms with van der Waals surface area (Å²) >= 11 is 0. The van der Waals surface area contributed by atoms with E-state index in [9.17, 15) is 4.79 Å². The molecule has 4 rings (SSSR count). The Labute approximate surface area is 194 Å². The highest BCUT2D eigenvalue weighted by Crippen LogP contribution is 2.29. The van der Waals surface area contributed by atoms with E-state index in [4.69, 9.17) is 9.72 Å². The van der Waals surface area contributed by atoms with Gasteiger partial charge >= 0.3 is 0 Å². The molecule has 2 aromatic heterocycles. The van der Waals surface area contributed by atoms with Gasteiger partial charge in [-0.3, -0.25) is 9.89 Å². The molecule has 0 aliphatic carbocycles. The van der Waals surface area contributed by atoms with Gasteiger partial charge in [-0.2, -0.15) is 5.10 Å². The summed E-state index contributed by atoms with van der Waals surface area (Å²) in [5.41, 5.74) is 7.03. The number of carbonyl (C=O) groups excluding carboxylic acids is 1. The first-order chi connectivity index (χ1) is 15.9. The fourth-order valence-corrected chi connectivity index (χ4v) is 3.94. The first-order valence-corrected chi connectivity index (χ1v) is 11.4. The lowest BCUT2D eigenvalue weighted by Gasteiger charge is -2.14. The molecule has 0 saturated carbocycles. The number of aromatic amines is 1. The predicted octanol–water partition coefficient (Wildman–Crippen LogP) is 6.27. The van der Waals surface area contributed by atoms with E-state index >= 15 is 0 Å². The summed E-state index contributed by atoms with van der Waals surface area (Å²) in [6.07, 6.45) is 1.86. The maximum Gasteiger partial charge on any atom is 0.255 e. The molecular formula is C27H30N4O2. The molecule has 1 atom stereocenters. The molecule has 1 amide bonds. The molecule has 0 radical (unpaired) electrons. The molecule has 0 saturated heterocycles. The number of amides is 1. The standard InChI is InChI=1S/C27H30N4O2/c1-6-16(3)18-12-19(14-21(13-18)33-5)27(32)28-20-9-8-17(4)23(15-20)25-11-10-22-24(7-2)30-31-26(22)29-25/h8-16H,6-7H2,1-5H3,(H,28,32)(H,29,30,31). The van der Waals surface area contributed by atoms with Crippen molar-refractivity contribution in [3.8, 4) is 17.0 Å². The second-order valence-electron chi connectivity index (χ2n) is 8.41. The number of carbonyl (C=O) groups is 1. The fourth-order valence-electron chi connectivity index (χ4n) is 3.94. The summed E-state index contributed by atoms with van der Waals surface area (Å²) in [7, 11) is 1.62. The molecular weight excluding hydrogens is 412 g/mol. The number of hydrogen-bond acceptors (Lipinski definition) is 4. The second kappa shape index (κ2) is 9.45. The first-order valence-electron chi connectivity index (χ1n) is 11.4. The summed E-state index contributed by atoms with van der Waals surface area (Å²) < 4.78 is 5.43. The summed E-state index contributed by atoms with van der Waals surface area (Å²) in [6, 6.07) is 15.6. The molecule has 0 bridgehead atoms. The number of hydrogen-bond donors (Lipinski definition) is 2. The molecule has 170 valence electrons. The lowest BCUT2D eigenvalue weighted by atomic mass is 9.96. The monoisotopic (exact) mass is 442 g/mol. The minimum atomic E-state index is -0.170. The maximum atomic E-state index is 13.1. The number of aryl methyl sites for hydroxylation is 2. The van der Waals surface area contributed by atoms with Gasteiger partial charge < -0.3 is 10.1 Å². The SMILES string of the molecule is CCc1[nH]nc2nc(-c3cc(NC(=O)c4cc(OC)cc(C(C)CC)c4)ccc3C)ccc12. The Balaban J connectivity index is 1.64. The van der Waals surface area contributed by atoms with E-state index in [-0.39, 0.29) is 5.91 Å². The van der Waals surface area contributed by atoms with Gasteiger partial charge in [-0.1, -0.05) is 26.8 Å². The van der Waals surface area contributed by atoms with Crippen molar-refractivity contribution in [1.29, 1.82) is 0 Å². The van der Waals surface area contributed by atoms with Gasteiger partial charge in [-0.15, -0.1) is 0 Å². The summed E-state index contributed by atoms with van der Waals surface area (Å²) in [4.78, 5) is 17.8. The number of aromatic nitrogens is 3. The molecule has 0 spiro atoms. The van der Waals surface area contributed by atoms with E-state index in [0.717, 1.165) is 46.3 Å². The van der Waals surface area contributed by atoms with Crippen LogP contribution >= 0.6 is 0 Å². The largest absolute Gasteiger partial charge is 0.497 e. The van der Waals surface area contributed by atoms with E-state index in [0.29, 0.717) is 28.6 Å². The minimum Gasteiger partial charge on any atom is -0.497 e. The zero-order chi connectivity index (χ0) is 23.5. The van der Waals surface area contributed by atoms with Crippen molar-refractivity contribution in [3.05, 3.63) is 70.9 Å². The van der Waals surface area contributed by atoms with Crippen LogP contribution in [-0.4, -0.2) is 28.2 Å². The topological polar surface area (TPSA) is 79.9 Å². The molecule has 0 aliphatic heterocycles. The van der Waals surface area contributed by atoms with E-state index < -0.39 is 0 Å². The summed E-state index contributed by atoms with van der Waals surface area (Å²) in [5, 5.41) is 11.5. The van der Waals surface area contributed by atoms with Crippen molar-refractivity contribution in [2.24, 2.45) is 0 Å². The van der Waals surface area contributed by atoms with Crippen molar-refractivity contribution in [1.82, 2.24) is 15.2 Å². The number of anilines is 1. The van der Waals surface area contributed by atoms with Crippen LogP contribution < -0.4 is 10.1 Å². The Morgan fingerprint density at radius 3 is 2.67 bits per heavy atom. The number of H-pyrrole nitrogens is 1. The van der Waals surface area contributed by atoms with Gasteiger partial charge in [0.25, 0.3) is 5.91 Å². The molecule has 4 aromatic rings. The van der Waals surface area contributed by atoms with Crippen LogP contribution in [0.4, 0.5) is 5.69 Å². The van der Waals surface area contributed by atoms with Gasteiger partial charge in [0.15, 0.2) is 5.65 Å². The molecule has 0 fully saturated rings. The van der Waals surface area contributed by atoms with Crippen LogP contribution in [-0.2, 0) is 6.42 Å². The Bertz CT molecular complexity index is 1310. The van der Waals surface area contributed by atoms with Gasteiger partial charge in [0.2, 0.25) is 0 Å². The van der Waals surface area contributed by atoms with Crippen LogP contribution in [0.2, 0.25) is 0 Å². The van der Waals surface area contributed by atoms with Crippen molar-refractivity contribution >= 4 is 22.6 Å². The highest BCUT2D eigenvalue weighted by Gasteiger charge is 2.14. The molecule has 0 aliphatic rings. The fraction of sp³-hybridized carbons (Fsp3) is 0.296. The average Bonchev–Trinajstić information content (AvgIpc) is 3.26. The lowest BCUT2D eigenvalue weighted by molar-refractivity contribution is 0.102. The van der Waals surface area contributed by atoms with Crippen molar-refractivity contribution in [2.45, 2.75) is 46.5 Å². The summed E-state index contributed by atoms with van der Waals surface area (Å²) in [6.45, 7) is 8.41. The van der Waals surface area contributed by atoms with Crippen LogP contribution in [0, 0.1) is 6.92 Å². The lowest BCUT2D eigenvalue weighted by Crippen LogP contribution is -2.13. The van der Waals surface area contributed by atoms with E-state index in [2.05, 4.69) is 42.4 Å².